The molecule has 1 aliphatic heterocycles. The van der Waals surface area contributed by atoms with E-state index in [4.69, 9.17) is 5.73 Å². The Morgan fingerprint density at radius 2 is 1.70 bits per heavy atom. The molecular weight excluding hydrogens is 392 g/mol. The van der Waals surface area contributed by atoms with E-state index in [1.54, 1.807) is 13.8 Å². The van der Waals surface area contributed by atoms with Gasteiger partial charge in [0.1, 0.15) is 12.1 Å². The van der Waals surface area contributed by atoms with Gasteiger partial charge < -0.3 is 31.5 Å². The van der Waals surface area contributed by atoms with E-state index in [0.29, 0.717) is 19.4 Å². The number of carbonyl (C=O) groups is 4. The molecule has 10 heteroatoms. The van der Waals surface area contributed by atoms with E-state index in [2.05, 4.69) is 10.6 Å². The first-order chi connectivity index (χ1) is 13.9. The van der Waals surface area contributed by atoms with Crippen LogP contribution in [0.5, 0.6) is 0 Å². The molecule has 172 valence electrons. The highest BCUT2D eigenvalue weighted by Gasteiger charge is 2.40. The van der Waals surface area contributed by atoms with Crippen molar-refractivity contribution in [2.45, 2.75) is 84.2 Å². The number of rotatable bonds is 10. The molecule has 0 aliphatic carbocycles. The Kier molecular flexibility index (Phi) is 9.70. The lowest BCUT2D eigenvalue weighted by Gasteiger charge is -2.32. The number of carboxylic acids is 1. The molecule has 3 amide bonds. The highest BCUT2D eigenvalue weighted by Crippen LogP contribution is 2.21. The molecule has 0 spiro atoms. The topological polar surface area (TPSA) is 162 Å². The van der Waals surface area contributed by atoms with E-state index in [-0.39, 0.29) is 11.8 Å². The van der Waals surface area contributed by atoms with E-state index >= 15 is 0 Å². The number of carbonyl (C=O) groups excluding carboxylic acids is 3. The highest BCUT2D eigenvalue weighted by molar-refractivity contribution is 5.94. The fourth-order valence-corrected chi connectivity index (χ4v) is 3.40. The predicted octanol–water partition coefficient (Wildman–Crippen LogP) is -0.558. The van der Waals surface area contributed by atoms with Crippen molar-refractivity contribution in [3.05, 3.63) is 0 Å². The van der Waals surface area contributed by atoms with Crippen LogP contribution in [0.2, 0.25) is 0 Å². The summed E-state index contributed by atoms with van der Waals surface area (Å²) < 4.78 is 0. The fourth-order valence-electron chi connectivity index (χ4n) is 3.40. The number of amides is 3. The summed E-state index contributed by atoms with van der Waals surface area (Å²) in [5, 5.41) is 23.8. The number of aliphatic carboxylic acids is 1. The average molecular weight is 429 g/mol. The highest BCUT2D eigenvalue weighted by atomic mass is 16.4. The third-order valence-corrected chi connectivity index (χ3v) is 5.67. The van der Waals surface area contributed by atoms with Crippen molar-refractivity contribution in [2.75, 3.05) is 6.54 Å². The molecule has 6 N–H and O–H groups in total. The second kappa shape index (κ2) is 11.3. The van der Waals surface area contributed by atoms with Crippen molar-refractivity contribution < 1.29 is 29.4 Å². The standard InChI is InChI=1S/C20H36N4O6/c1-6-11(4)14(21)18(27)22-15(10(2)3)19(28)24-9-7-8-13(24)17(26)23-16(12(5)25)20(29)30/h10-16,25H,6-9,21H2,1-5H3,(H,22,27)(H,23,26)(H,29,30). The minimum Gasteiger partial charge on any atom is -0.480 e. The molecule has 10 nitrogen and oxygen atoms in total. The molecule has 30 heavy (non-hydrogen) atoms. The van der Waals surface area contributed by atoms with E-state index in [9.17, 15) is 29.4 Å². The van der Waals surface area contributed by atoms with Crippen LogP contribution in [0.3, 0.4) is 0 Å². The van der Waals surface area contributed by atoms with Gasteiger partial charge in [-0.3, -0.25) is 14.4 Å². The van der Waals surface area contributed by atoms with Crippen LogP contribution < -0.4 is 16.4 Å². The van der Waals surface area contributed by atoms with Crippen LogP contribution in [0, 0.1) is 11.8 Å². The number of hydrogen-bond acceptors (Lipinski definition) is 6. The number of hydrogen-bond donors (Lipinski definition) is 5. The quantitative estimate of drug-likeness (QED) is 0.311. The molecule has 0 aromatic heterocycles. The predicted molar refractivity (Wildman–Crippen MR) is 110 cm³/mol. The summed E-state index contributed by atoms with van der Waals surface area (Å²) in [6, 6.07) is -3.93. The smallest absolute Gasteiger partial charge is 0.328 e. The minimum atomic E-state index is -1.47. The normalized spacial score (nSPS) is 21.5. The van der Waals surface area contributed by atoms with Gasteiger partial charge in [-0.1, -0.05) is 34.1 Å². The first-order valence-corrected chi connectivity index (χ1v) is 10.5. The molecule has 6 atom stereocenters. The first kappa shape index (κ1) is 25.8. The summed E-state index contributed by atoms with van der Waals surface area (Å²) in [6.07, 6.45) is 0.370. The van der Waals surface area contributed by atoms with Gasteiger partial charge in [-0.25, -0.2) is 4.79 Å². The molecule has 1 aliphatic rings. The number of aliphatic hydroxyl groups excluding tert-OH is 1. The zero-order chi connectivity index (χ0) is 23.2. The van der Waals surface area contributed by atoms with Gasteiger partial charge in [0.2, 0.25) is 17.7 Å². The van der Waals surface area contributed by atoms with E-state index in [1.807, 2.05) is 13.8 Å². The molecule has 1 rings (SSSR count). The SMILES string of the molecule is CCC(C)C(N)C(=O)NC(C(=O)N1CCCC1C(=O)NC(C(=O)O)C(C)O)C(C)C. The Hall–Kier alpha value is -2.20. The van der Waals surface area contributed by atoms with Gasteiger partial charge in [-0.2, -0.15) is 0 Å². The lowest BCUT2D eigenvalue weighted by molar-refractivity contribution is -0.147. The molecule has 0 saturated carbocycles. The van der Waals surface area contributed by atoms with Gasteiger partial charge in [-0.15, -0.1) is 0 Å². The fraction of sp³-hybridized carbons (Fsp3) is 0.800. The zero-order valence-electron chi connectivity index (χ0n) is 18.4. The van der Waals surface area contributed by atoms with Gasteiger partial charge in [0.25, 0.3) is 0 Å². The summed E-state index contributed by atoms with van der Waals surface area (Å²) in [5.74, 6) is -3.11. The third kappa shape index (κ3) is 6.40. The third-order valence-electron chi connectivity index (χ3n) is 5.67. The van der Waals surface area contributed by atoms with Crippen LogP contribution in [0.4, 0.5) is 0 Å². The van der Waals surface area contributed by atoms with Crippen LogP contribution in [0.1, 0.15) is 53.9 Å². The Bertz CT molecular complexity index is 639. The van der Waals surface area contributed by atoms with E-state index < -0.39 is 54.0 Å². The number of likely N-dealkylation sites (tertiary alicyclic amines) is 1. The maximum Gasteiger partial charge on any atom is 0.328 e. The maximum atomic E-state index is 13.2. The van der Waals surface area contributed by atoms with Gasteiger partial charge in [0.15, 0.2) is 6.04 Å². The van der Waals surface area contributed by atoms with Gasteiger partial charge >= 0.3 is 5.97 Å². The molecular formula is C20H36N4O6. The lowest BCUT2D eigenvalue weighted by atomic mass is 9.97. The minimum absolute atomic E-state index is 0.0494. The largest absolute Gasteiger partial charge is 0.480 e. The van der Waals surface area contributed by atoms with Crippen LogP contribution >= 0.6 is 0 Å². The van der Waals surface area contributed by atoms with Gasteiger partial charge in [-0.05, 0) is 31.6 Å². The summed E-state index contributed by atoms with van der Waals surface area (Å²) in [7, 11) is 0. The van der Waals surface area contributed by atoms with Crippen LogP contribution in [-0.4, -0.2) is 75.6 Å². The molecule has 1 fully saturated rings. The Morgan fingerprint density at radius 3 is 2.17 bits per heavy atom. The van der Waals surface area contributed by atoms with Crippen molar-refractivity contribution in [3.8, 4) is 0 Å². The molecule has 0 radical (unpaired) electrons. The molecule has 0 aromatic carbocycles. The number of nitrogens with zero attached hydrogens (tertiary/aromatic N) is 1. The number of carboxylic acid groups (broad SMARTS) is 1. The van der Waals surface area contributed by atoms with Crippen molar-refractivity contribution in [1.29, 1.82) is 0 Å². The van der Waals surface area contributed by atoms with Crippen LogP contribution in [0.15, 0.2) is 0 Å². The first-order valence-electron chi connectivity index (χ1n) is 10.5. The summed E-state index contributed by atoms with van der Waals surface area (Å²) >= 11 is 0. The molecule has 1 saturated heterocycles. The number of aliphatic hydroxyl groups is 1. The monoisotopic (exact) mass is 428 g/mol. The summed E-state index contributed by atoms with van der Waals surface area (Å²) in [5.41, 5.74) is 5.98. The molecule has 0 aromatic rings. The van der Waals surface area contributed by atoms with E-state index in [1.165, 1.54) is 11.8 Å². The second-order valence-electron chi connectivity index (χ2n) is 8.40. The molecule has 1 heterocycles. The van der Waals surface area contributed by atoms with Crippen LogP contribution in [0.25, 0.3) is 0 Å². The number of nitrogens with one attached hydrogen (secondary N) is 2. The molecule has 6 unspecified atom stereocenters. The van der Waals surface area contributed by atoms with Gasteiger partial charge in [0.05, 0.1) is 12.1 Å². The summed E-state index contributed by atoms with van der Waals surface area (Å²) in [6.45, 7) is 8.95. The van der Waals surface area contributed by atoms with Crippen molar-refractivity contribution in [3.63, 3.8) is 0 Å². The molecule has 0 bridgehead atoms. The Balaban J connectivity index is 2.94. The van der Waals surface area contributed by atoms with Gasteiger partial charge in [0, 0.05) is 6.54 Å². The zero-order valence-corrected chi connectivity index (χ0v) is 18.4. The van der Waals surface area contributed by atoms with Crippen molar-refractivity contribution in [2.24, 2.45) is 17.6 Å². The van der Waals surface area contributed by atoms with E-state index in [0.717, 1.165) is 6.42 Å². The Morgan fingerprint density at radius 1 is 1.10 bits per heavy atom. The summed E-state index contributed by atoms with van der Waals surface area (Å²) in [4.78, 5) is 51.0. The lowest BCUT2D eigenvalue weighted by Crippen LogP contribution is -2.59. The van der Waals surface area contributed by atoms with Crippen LogP contribution in [-0.2, 0) is 19.2 Å². The van der Waals surface area contributed by atoms with Crippen molar-refractivity contribution >= 4 is 23.7 Å². The van der Waals surface area contributed by atoms with Crippen molar-refractivity contribution in [1.82, 2.24) is 15.5 Å². The second-order valence-corrected chi connectivity index (χ2v) is 8.40. The maximum absolute atomic E-state index is 13.2. The number of nitrogens with two attached hydrogens (primary N) is 1. The Labute approximate surface area is 177 Å². The average Bonchev–Trinajstić information content (AvgIpc) is 3.17.